The molecule has 0 saturated carbocycles. The first-order valence-electron chi connectivity index (χ1n) is 7.34. The summed E-state index contributed by atoms with van der Waals surface area (Å²) in [5.41, 5.74) is 5.13. The SMILES string of the molecule is CCN1CC(Cc2ccccc2)c2cc(CO)ccc21. The van der Waals surface area contributed by atoms with E-state index in [9.17, 15) is 5.11 Å². The minimum atomic E-state index is 0.122. The van der Waals surface area contributed by atoms with E-state index in [1.807, 2.05) is 6.07 Å². The molecule has 1 heterocycles. The highest BCUT2D eigenvalue weighted by molar-refractivity contribution is 5.61. The van der Waals surface area contributed by atoms with Crippen LogP contribution in [0.1, 0.15) is 29.5 Å². The van der Waals surface area contributed by atoms with Gasteiger partial charge in [-0.1, -0.05) is 42.5 Å². The molecule has 20 heavy (non-hydrogen) atoms. The third-order valence-electron chi connectivity index (χ3n) is 4.20. The van der Waals surface area contributed by atoms with E-state index in [2.05, 4.69) is 54.3 Å². The fourth-order valence-corrected chi connectivity index (χ4v) is 3.15. The molecule has 0 amide bonds. The van der Waals surface area contributed by atoms with Crippen molar-refractivity contribution >= 4 is 5.69 Å². The van der Waals surface area contributed by atoms with Gasteiger partial charge in [0, 0.05) is 24.7 Å². The van der Waals surface area contributed by atoms with E-state index < -0.39 is 0 Å². The molecule has 1 unspecified atom stereocenters. The summed E-state index contributed by atoms with van der Waals surface area (Å²) in [6.45, 7) is 4.44. The van der Waals surface area contributed by atoms with Gasteiger partial charge in [0.2, 0.25) is 0 Å². The molecule has 104 valence electrons. The molecule has 0 fully saturated rings. The summed E-state index contributed by atoms with van der Waals surface area (Å²) in [6.07, 6.45) is 1.07. The molecule has 0 spiro atoms. The molecule has 1 aliphatic rings. The van der Waals surface area contributed by atoms with Crippen LogP contribution in [0, 0.1) is 0 Å². The van der Waals surface area contributed by atoms with E-state index in [-0.39, 0.29) is 6.61 Å². The predicted molar refractivity (Wildman–Crippen MR) is 83.1 cm³/mol. The van der Waals surface area contributed by atoms with Gasteiger partial charge in [-0.3, -0.25) is 0 Å². The van der Waals surface area contributed by atoms with E-state index in [4.69, 9.17) is 0 Å². The predicted octanol–water partition coefficient (Wildman–Crippen LogP) is 3.35. The molecule has 0 aliphatic carbocycles. The maximum Gasteiger partial charge on any atom is 0.0681 e. The van der Waals surface area contributed by atoms with Crippen LogP contribution in [0.4, 0.5) is 5.69 Å². The molecule has 0 aromatic heterocycles. The van der Waals surface area contributed by atoms with Crippen molar-refractivity contribution in [2.45, 2.75) is 25.9 Å². The molecule has 1 N–H and O–H groups in total. The van der Waals surface area contributed by atoms with Crippen molar-refractivity contribution in [2.75, 3.05) is 18.0 Å². The molecular weight excluding hydrogens is 246 g/mol. The maximum atomic E-state index is 9.35. The molecule has 3 rings (SSSR count). The molecular formula is C18H21NO. The topological polar surface area (TPSA) is 23.5 Å². The monoisotopic (exact) mass is 267 g/mol. The number of aliphatic hydroxyl groups excluding tert-OH is 1. The first kappa shape index (κ1) is 13.2. The molecule has 0 saturated heterocycles. The van der Waals surface area contributed by atoms with Crippen molar-refractivity contribution < 1.29 is 5.11 Å². The van der Waals surface area contributed by atoms with Crippen LogP contribution in [0.5, 0.6) is 0 Å². The summed E-state index contributed by atoms with van der Waals surface area (Å²) < 4.78 is 0. The fourth-order valence-electron chi connectivity index (χ4n) is 3.15. The second kappa shape index (κ2) is 5.68. The zero-order chi connectivity index (χ0) is 13.9. The van der Waals surface area contributed by atoms with Crippen LogP contribution in [0.3, 0.4) is 0 Å². The Labute approximate surface area is 120 Å². The molecule has 2 aromatic carbocycles. The van der Waals surface area contributed by atoms with E-state index in [0.29, 0.717) is 5.92 Å². The highest BCUT2D eigenvalue weighted by Gasteiger charge is 2.27. The van der Waals surface area contributed by atoms with E-state index >= 15 is 0 Å². The summed E-state index contributed by atoms with van der Waals surface area (Å²) in [6, 6.07) is 17.0. The van der Waals surface area contributed by atoms with Crippen molar-refractivity contribution in [2.24, 2.45) is 0 Å². The normalized spacial score (nSPS) is 17.3. The summed E-state index contributed by atoms with van der Waals surface area (Å²) in [4.78, 5) is 2.43. The average molecular weight is 267 g/mol. The third-order valence-corrected chi connectivity index (χ3v) is 4.20. The second-order valence-corrected chi connectivity index (χ2v) is 5.48. The number of nitrogens with zero attached hydrogens (tertiary/aromatic N) is 1. The summed E-state index contributed by atoms with van der Waals surface area (Å²) in [5.74, 6) is 0.527. The maximum absolute atomic E-state index is 9.35. The minimum Gasteiger partial charge on any atom is -0.392 e. The van der Waals surface area contributed by atoms with Gasteiger partial charge in [0.05, 0.1) is 6.61 Å². The fraction of sp³-hybridized carbons (Fsp3) is 0.333. The molecule has 2 nitrogen and oxygen atoms in total. The third kappa shape index (κ3) is 2.44. The van der Waals surface area contributed by atoms with Gasteiger partial charge in [0.15, 0.2) is 0 Å². The summed E-state index contributed by atoms with van der Waals surface area (Å²) >= 11 is 0. The number of hydrogen-bond acceptors (Lipinski definition) is 2. The molecule has 0 radical (unpaired) electrons. The van der Waals surface area contributed by atoms with Gasteiger partial charge < -0.3 is 10.0 Å². The van der Waals surface area contributed by atoms with Gasteiger partial charge >= 0.3 is 0 Å². The van der Waals surface area contributed by atoms with Crippen LogP contribution in [0.2, 0.25) is 0 Å². The van der Waals surface area contributed by atoms with Crippen LogP contribution in [0.25, 0.3) is 0 Å². The van der Waals surface area contributed by atoms with Gasteiger partial charge in [0.1, 0.15) is 0 Å². The van der Waals surface area contributed by atoms with E-state index in [1.54, 1.807) is 0 Å². The van der Waals surface area contributed by atoms with Crippen LogP contribution < -0.4 is 4.90 Å². The van der Waals surface area contributed by atoms with Crippen LogP contribution in [-0.4, -0.2) is 18.2 Å². The van der Waals surface area contributed by atoms with E-state index in [0.717, 1.165) is 25.1 Å². The Kier molecular flexibility index (Phi) is 3.75. The van der Waals surface area contributed by atoms with Gasteiger partial charge in [-0.05, 0) is 36.1 Å². The van der Waals surface area contributed by atoms with Crippen molar-refractivity contribution in [1.29, 1.82) is 0 Å². The van der Waals surface area contributed by atoms with Gasteiger partial charge in [-0.15, -0.1) is 0 Å². The lowest BCUT2D eigenvalue weighted by Crippen LogP contribution is -2.21. The molecule has 0 bridgehead atoms. The Bertz CT molecular complexity index is 579. The van der Waals surface area contributed by atoms with Crippen LogP contribution in [-0.2, 0) is 13.0 Å². The Morgan fingerprint density at radius 3 is 2.60 bits per heavy atom. The number of benzene rings is 2. The molecule has 1 atom stereocenters. The molecule has 1 aliphatic heterocycles. The first-order valence-corrected chi connectivity index (χ1v) is 7.34. The smallest absolute Gasteiger partial charge is 0.0681 e. The van der Waals surface area contributed by atoms with E-state index in [1.165, 1.54) is 16.8 Å². The quantitative estimate of drug-likeness (QED) is 0.918. The zero-order valence-corrected chi connectivity index (χ0v) is 11.9. The highest BCUT2D eigenvalue weighted by Crippen LogP contribution is 2.38. The summed E-state index contributed by atoms with van der Waals surface area (Å²) in [5, 5.41) is 9.35. The number of rotatable bonds is 4. The van der Waals surface area contributed by atoms with Crippen molar-refractivity contribution in [3.63, 3.8) is 0 Å². The number of likely N-dealkylation sites (N-methyl/N-ethyl adjacent to an activating group) is 1. The Morgan fingerprint density at radius 1 is 1.10 bits per heavy atom. The van der Waals surface area contributed by atoms with Crippen molar-refractivity contribution in [3.05, 3.63) is 65.2 Å². The number of hydrogen-bond donors (Lipinski definition) is 1. The lowest BCUT2D eigenvalue weighted by Gasteiger charge is -2.17. The second-order valence-electron chi connectivity index (χ2n) is 5.48. The largest absolute Gasteiger partial charge is 0.392 e. The lowest BCUT2D eigenvalue weighted by molar-refractivity contribution is 0.281. The van der Waals surface area contributed by atoms with Crippen molar-refractivity contribution in [1.82, 2.24) is 0 Å². The standard InChI is InChI=1S/C18H21NO/c1-2-19-12-16(10-14-6-4-3-5-7-14)17-11-15(13-20)8-9-18(17)19/h3-9,11,16,20H,2,10,12-13H2,1H3. The highest BCUT2D eigenvalue weighted by atomic mass is 16.3. The Balaban J connectivity index is 1.91. The summed E-state index contributed by atoms with van der Waals surface area (Å²) in [7, 11) is 0. The van der Waals surface area contributed by atoms with Gasteiger partial charge in [-0.25, -0.2) is 0 Å². The van der Waals surface area contributed by atoms with Gasteiger partial charge in [-0.2, -0.15) is 0 Å². The Hall–Kier alpha value is -1.80. The molecule has 2 heteroatoms. The molecule has 2 aromatic rings. The van der Waals surface area contributed by atoms with Crippen LogP contribution >= 0.6 is 0 Å². The van der Waals surface area contributed by atoms with Crippen molar-refractivity contribution in [3.8, 4) is 0 Å². The first-order chi connectivity index (χ1) is 9.81. The Morgan fingerprint density at radius 2 is 1.90 bits per heavy atom. The van der Waals surface area contributed by atoms with Crippen LogP contribution in [0.15, 0.2) is 48.5 Å². The van der Waals surface area contributed by atoms with Gasteiger partial charge in [0.25, 0.3) is 0 Å². The zero-order valence-electron chi connectivity index (χ0n) is 11.9. The minimum absolute atomic E-state index is 0.122. The number of anilines is 1. The number of fused-ring (bicyclic) bond motifs is 1. The lowest BCUT2D eigenvalue weighted by atomic mass is 9.93. The average Bonchev–Trinajstić information content (AvgIpc) is 2.85. The number of aliphatic hydroxyl groups is 1.